The Kier molecular flexibility index (Phi) is 6.16. The summed E-state index contributed by atoms with van der Waals surface area (Å²) in [6.45, 7) is 3.85. The molecule has 118 valence electrons. The van der Waals surface area contributed by atoms with Crippen molar-refractivity contribution in [2.24, 2.45) is 0 Å². The summed E-state index contributed by atoms with van der Waals surface area (Å²) in [5.41, 5.74) is 0.991. The highest BCUT2D eigenvalue weighted by molar-refractivity contribution is 9.10. The van der Waals surface area contributed by atoms with Crippen LogP contribution in [0.4, 0.5) is 0 Å². The fourth-order valence-corrected chi connectivity index (χ4v) is 4.44. The van der Waals surface area contributed by atoms with Crippen molar-refractivity contribution in [3.63, 3.8) is 0 Å². The van der Waals surface area contributed by atoms with Gasteiger partial charge in [-0.15, -0.1) is 0 Å². The summed E-state index contributed by atoms with van der Waals surface area (Å²) in [5, 5.41) is 3.46. The van der Waals surface area contributed by atoms with Crippen LogP contribution in [0.25, 0.3) is 0 Å². The fraction of sp³-hybridized carbons (Fsp3) is 0.643. The summed E-state index contributed by atoms with van der Waals surface area (Å²) in [7, 11) is -3.04. The summed E-state index contributed by atoms with van der Waals surface area (Å²) >= 11 is 3.36. The number of halogens is 1. The van der Waals surface area contributed by atoms with Crippen LogP contribution in [0.1, 0.15) is 31.9 Å². The molecule has 2 heterocycles. The van der Waals surface area contributed by atoms with Gasteiger partial charge < -0.3 is 5.32 Å². The van der Waals surface area contributed by atoms with Crippen molar-refractivity contribution in [2.75, 3.05) is 18.8 Å². The molecular formula is C14H22BrN3O2S. The van der Waals surface area contributed by atoms with Crippen molar-refractivity contribution < 1.29 is 8.42 Å². The zero-order valence-electron chi connectivity index (χ0n) is 12.3. The zero-order chi connectivity index (χ0) is 15.3. The molecule has 1 aromatic heterocycles. The number of pyridine rings is 1. The monoisotopic (exact) mass is 375 g/mol. The number of aromatic nitrogens is 1. The van der Waals surface area contributed by atoms with Gasteiger partial charge in [0, 0.05) is 25.7 Å². The quantitative estimate of drug-likeness (QED) is 0.773. The molecule has 1 saturated heterocycles. The molecule has 1 aromatic rings. The van der Waals surface area contributed by atoms with Gasteiger partial charge in [0.15, 0.2) is 0 Å². The van der Waals surface area contributed by atoms with E-state index in [9.17, 15) is 8.42 Å². The third kappa shape index (κ3) is 5.02. The van der Waals surface area contributed by atoms with Crippen LogP contribution in [-0.2, 0) is 16.6 Å². The van der Waals surface area contributed by atoms with Gasteiger partial charge in [-0.1, -0.05) is 13.0 Å². The van der Waals surface area contributed by atoms with Crippen LogP contribution in [0.15, 0.2) is 22.8 Å². The van der Waals surface area contributed by atoms with Gasteiger partial charge in [0.2, 0.25) is 10.0 Å². The first-order valence-corrected chi connectivity index (χ1v) is 9.74. The highest BCUT2D eigenvalue weighted by Crippen LogP contribution is 2.15. The smallest absolute Gasteiger partial charge is 0.214 e. The van der Waals surface area contributed by atoms with E-state index >= 15 is 0 Å². The van der Waals surface area contributed by atoms with Gasteiger partial charge in [0.05, 0.1) is 11.4 Å². The van der Waals surface area contributed by atoms with Crippen LogP contribution >= 0.6 is 15.9 Å². The molecule has 0 radical (unpaired) electrons. The molecule has 1 aliphatic heterocycles. The summed E-state index contributed by atoms with van der Waals surface area (Å²) < 4.78 is 26.5. The van der Waals surface area contributed by atoms with Gasteiger partial charge in [-0.3, -0.25) is 0 Å². The Bertz CT molecular complexity index is 557. The van der Waals surface area contributed by atoms with Crippen LogP contribution in [0, 0.1) is 0 Å². The SMILES string of the molecule is CCCS(=O)(=O)N1CCC(NCc2cccc(Br)n2)CC1. The van der Waals surface area contributed by atoms with E-state index < -0.39 is 10.0 Å². The van der Waals surface area contributed by atoms with Crippen LogP contribution < -0.4 is 5.32 Å². The summed E-state index contributed by atoms with van der Waals surface area (Å²) in [4.78, 5) is 4.38. The second kappa shape index (κ2) is 7.67. The van der Waals surface area contributed by atoms with Gasteiger partial charge >= 0.3 is 0 Å². The van der Waals surface area contributed by atoms with E-state index in [-0.39, 0.29) is 5.75 Å². The first kappa shape index (κ1) is 16.9. The molecular weight excluding hydrogens is 354 g/mol. The van der Waals surface area contributed by atoms with E-state index in [1.165, 1.54) is 0 Å². The van der Waals surface area contributed by atoms with Crippen molar-refractivity contribution in [2.45, 2.75) is 38.8 Å². The Balaban J connectivity index is 1.79. The topological polar surface area (TPSA) is 62.3 Å². The third-order valence-corrected chi connectivity index (χ3v) is 6.17. The lowest BCUT2D eigenvalue weighted by molar-refractivity contribution is 0.288. The number of piperidine rings is 1. The van der Waals surface area contributed by atoms with Gasteiger partial charge in [-0.2, -0.15) is 0 Å². The van der Waals surface area contributed by atoms with Gasteiger partial charge in [-0.05, 0) is 47.3 Å². The molecule has 0 bridgehead atoms. The highest BCUT2D eigenvalue weighted by Gasteiger charge is 2.26. The molecule has 0 unspecified atom stereocenters. The molecule has 21 heavy (non-hydrogen) atoms. The first-order valence-electron chi connectivity index (χ1n) is 7.34. The summed E-state index contributed by atoms with van der Waals surface area (Å²) in [6, 6.07) is 6.21. The molecule has 0 amide bonds. The molecule has 7 heteroatoms. The molecule has 2 rings (SSSR count). The van der Waals surface area contributed by atoms with Gasteiger partial charge in [-0.25, -0.2) is 17.7 Å². The Morgan fingerprint density at radius 2 is 2.10 bits per heavy atom. The standard InChI is InChI=1S/C14H22BrN3O2S/c1-2-10-21(19,20)18-8-6-12(7-9-18)16-11-13-4-3-5-14(15)17-13/h3-5,12,16H,2,6-11H2,1H3. The predicted molar refractivity (Wildman–Crippen MR) is 87.4 cm³/mol. The van der Waals surface area contributed by atoms with E-state index in [4.69, 9.17) is 0 Å². The fourth-order valence-electron chi connectivity index (χ4n) is 2.52. The van der Waals surface area contributed by atoms with Gasteiger partial charge in [0.25, 0.3) is 0 Å². The average Bonchev–Trinajstić information content (AvgIpc) is 2.46. The molecule has 0 aliphatic carbocycles. The largest absolute Gasteiger partial charge is 0.308 e. The average molecular weight is 376 g/mol. The lowest BCUT2D eigenvalue weighted by Gasteiger charge is -2.31. The second-order valence-electron chi connectivity index (χ2n) is 5.32. The molecule has 0 atom stereocenters. The second-order valence-corrected chi connectivity index (χ2v) is 8.22. The molecule has 0 spiro atoms. The number of nitrogens with zero attached hydrogens (tertiary/aromatic N) is 2. The minimum atomic E-state index is -3.04. The van der Waals surface area contributed by atoms with Crippen molar-refractivity contribution >= 4 is 26.0 Å². The molecule has 0 saturated carbocycles. The number of rotatable bonds is 6. The Morgan fingerprint density at radius 1 is 1.38 bits per heavy atom. The van der Waals surface area contributed by atoms with Crippen LogP contribution in [0.3, 0.4) is 0 Å². The first-order chi connectivity index (χ1) is 10.0. The normalized spacial score (nSPS) is 18.0. The molecule has 1 fully saturated rings. The highest BCUT2D eigenvalue weighted by atomic mass is 79.9. The van der Waals surface area contributed by atoms with Crippen LogP contribution in [0.5, 0.6) is 0 Å². The number of nitrogens with one attached hydrogen (secondary N) is 1. The van der Waals surface area contributed by atoms with Crippen molar-refractivity contribution in [1.29, 1.82) is 0 Å². The maximum Gasteiger partial charge on any atom is 0.214 e. The molecule has 1 N–H and O–H groups in total. The van der Waals surface area contributed by atoms with Crippen LogP contribution in [-0.4, -0.2) is 42.6 Å². The van der Waals surface area contributed by atoms with Crippen molar-refractivity contribution in [1.82, 2.24) is 14.6 Å². The number of hydrogen-bond acceptors (Lipinski definition) is 4. The Hall–Kier alpha value is -0.500. The van der Waals surface area contributed by atoms with E-state index in [2.05, 4.69) is 26.2 Å². The van der Waals surface area contributed by atoms with E-state index in [1.54, 1.807) is 4.31 Å². The minimum Gasteiger partial charge on any atom is -0.308 e. The minimum absolute atomic E-state index is 0.257. The maximum atomic E-state index is 12.0. The molecule has 1 aliphatic rings. The predicted octanol–water partition coefficient (Wildman–Crippen LogP) is 2.14. The third-order valence-electron chi connectivity index (χ3n) is 3.65. The molecule has 5 nitrogen and oxygen atoms in total. The van der Waals surface area contributed by atoms with Gasteiger partial charge in [0.1, 0.15) is 4.60 Å². The number of hydrogen-bond donors (Lipinski definition) is 1. The Morgan fingerprint density at radius 3 is 2.71 bits per heavy atom. The van der Waals surface area contributed by atoms with Crippen LogP contribution in [0.2, 0.25) is 0 Å². The maximum absolute atomic E-state index is 12.0. The number of sulfonamides is 1. The lowest BCUT2D eigenvalue weighted by atomic mass is 10.1. The van der Waals surface area contributed by atoms with E-state index in [0.717, 1.165) is 23.1 Å². The van der Waals surface area contributed by atoms with Crippen molar-refractivity contribution in [3.8, 4) is 0 Å². The Labute approximate surface area is 135 Å². The van der Waals surface area contributed by atoms with E-state index in [0.29, 0.717) is 32.1 Å². The lowest BCUT2D eigenvalue weighted by Crippen LogP contribution is -2.45. The molecule has 0 aromatic carbocycles. The van der Waals surface area contributed by atoms with E-state index in [1.807, 2.05) is 25.1 Å². The zero-order valence-corrected chi connectivity index (χ0v) is 14.7. The summed E-state index contributed by atoms with van der Waals surface area (Å²) in [5.74, 6) is 0.257. The van der Waals surface area contributed by atoms with Crippen molar-refractivity contribution in [3.05, 3.63) is 28.5 Å². The summed E-state index contributed by atoms with van der Waals surface area (Å²) in [6.07, 6.45) is 2.39.